The second kappa shape index (κ2) is 9.75. The number of aromatic nitrogens is 2. The van der Waals surface area contributed by atoms with Crippen LogP contribution in [0.3, 0.4) is 0 Å². The van der Waals surface area contributed by atoms with Crippen molar-refractivity contribution in [2.45, 2.75) is 40.4 Å². The van der Waals surface area contributed by atoms with Gasteiger partial charge in [-0.15, -0.1) is 0 Å². The Morgan fingerprint density at radius 2 is 1.44 bits per heavy atom. The molecule has 4 heterocycles. The van der Waals surface area contributed by atoms with E-state index in [1.807, 2.05) is 20.8 Å². The molecule has 2 aliphatic heterocycles. The number of anilines is 2. The first-order valence-corrected chi connectivity index (χ1v) is 10.1. The number of ether oxygens (including phenoxy) is 2. The SMILES string of the molecule is C=Cc1c(CO)nc2c(c1C)OCC(=O)N2.CCc1c(CO)nc2c(c1C)OCC(=O)N2. The van der Waals surface area contributed by atoms with Gasteiger partial charge in [-0.2, -0.15) is 0 Å². The lowest BCUT2D eigenvalue weighted by Crippen LogP contribution is -2.27. The highest BCUT2D eigenvalue weighted by molar-refractivity contribution is 5.95. The summed E-state index contributed by atoms with van der Waals surface area (Å²) in [5, 5.41) is 23.6. The van der Waals surface area contributed by atoms with Crippen LogP contribution in [0.2, 0.25) is 0 Å². The Hall–Kier alpha value is -3.50. The maximum atomic E-state index is 11.2. The molecule has 32 heavy (non-hydrogen) atoms. The van der Waals surface area contributed by atoms with Crippen molar-refractivity contribution in [2.24, 2.45) is 0 Å². The van der Waals surface area contributed by atoms with Crippen LogP contribution in [-0.4, -0.2) is 45.2 Å². The molecule has 170 valence electrons. The lowest BCUT2D eigenvalue weighted by Gasteiger charge is -2.22. The fourth-order valence-corrected chi connectivity index (χ4v) is 3.67. The molecule has 0 spiro atoms. The average molecular weight is 442 g/mol. The number of carbonyl (C=O) groups is 2. The van der Waals surface area contributed by atoms with Crippen molar-refractivity contribution in [2.75, 3.05) is 23.8 Å². The first kappa shape index (κ1) is 23.2. The Kier molecular flexibility index (Phi) is 7.06. The van der Waals surface area contributed by atoms with Gasteiger partial charge in [0.1, 0.15) is 0 Å². The molecule has 2 aliphatic rings. The van der Waals surface area contributed by atoms with E-state index in [0.29, 0.717) is 34.5 Å². The molecular weight excluding hydrogens is 416 g/mol. The maximum Gasteiger partial charge on any atom is 0.263 e. The molecule has 10 nitrogen and oxygen atoms in total. The van der Waals surface area contributed by atoms with Gasteiger partial charge in [0.05, 0.1) is 24.6 Å². The van der Waals surface area contributed by atoms with Crippen molar-refractivity contribution in [3.63, 3.8) is 0 Å². The number of rotatable bonds is 4. The molecule has 0 aromatic carbocycles. The number of nitrogens with one attached hydrogen (secondary N) is 2. The standard InChI is InChI=1S/C11H14N2O3.C11H12N2O3/c2*1-3-7-6(2)10-11(12-8(7)4-14)13-9(15)5-16-10/h14H,3-5H2,1-2H3,(H,12,13,15);3,14H,1,4-5H2,2H3,(H,12,13,15). The smallest absolute Gasteiger partial charge is 0.263 e. The normalized spacial score (nSPS) is 13.9. The number of carbonyl (C=O) groups excluding carboxylic acids is 2. The predicted molar refractivity (Wildman–Crippen MR) is 118 cm³/mol. The highest BCUT2D eigenvalue weighted by Crippen LogP contribution is 2.34. The van der Waals surface area contributed by atoms with Gasteiger partial charge >= 0.3 is 0 Å². The predicted octanol–water partition coefficient (Wildman–Crippen LogP) is 1.63. The Morgan fingerprint density at radius 1 is 0.938 bits per heavy atom. The van der Waals surface area contributed by atoms with Gasteiger partial charge in [0.25, 0.3) is 11.8 Å². The van der Waals surface area contributed by atoms with Gasteiger partial charge in [0.15, 0.2) is 36.3 Å². The van der Waals surface area contributed by atoms with Crippen LogP contribution < -0.4 is 20.1 Å². The van der Waals surface area contributed by atoms with Gasteiger partial charge in [-0.25, -0.2) is 9.97 Å². The van der Waals surface area contributed by atoms with Gasteiger partial charge in [-0.1, -0.05) is 19.6 Å². The molecular formula is C22H26N4O6. The topological polar surface area (TPSA) is 143 Å². The van der Waals surface area contributed by atoms with Gasteiger partial charge in [0, 0.05) is 16.7 Å². The fraction of sp³-hybridized carbons (Fsp3) is 0.364. The molecule has 0 unspecified atom stereocenters. The van der Waals surface area contributed by atoms with E-state index in [1.54, 1.807) is 6.08 Å². The number of amides is 2. The molecule has 4 N–H and O–H groups in total. The molecule has 0 fully saturated rings. The zero-order valence-corrected chi connectivity index (χ0v) is 18.2. The first-order chi connectivity index (χ1) is 15.3. The highest BCUT2D eigenvalue weighted by Gasteiger charge is 2.23. The van der Waals surface area contributed by atoms with Crippen LogP contribution in [0.1, 0.15) is 40.6 Å². The second-order valence-corrected chi connectivity index (χ2v) is 7.16. The summed E-state index contributed by atoms with van der Waals surface area (Å²) in [6.07, 6.45) is 2.40. The lowest BCUT2D eigenvalue weighted by atomic mass is 10.0. The summed E-state index contributed by atoms with van der Waals surface area (Å²) >= 11 is 0. The Bertz CT molecular complexity index is 1080. The highest BCUT2D eigenvalue weighted by atomic mass is 16.5. The molecule has 0 saturated carbocycles. The molecule has 0 atom stereocenters. The molecule has 0 bridgehead atoms. The minimum Gasteiger partial charge on any atom is -0.480 e. The molecule has 0 saturated heterocycles. The minimum absolute atomic E-state index is 0.00935. The zero-order valence-electron chi connectivity index (χ0n) is 18.2. The Morgan fingerprint density at radius 3 is 1.91 bits per heavy atom. The molecule has 2 aromatic heterocycles. The third-order valence-electron chi connectivity index (χ3n) is 5.19. The van der Waals surface area contributed by atoms with Crippen LogP contribution in [0.25, 0.3) is 6.08 Å². The van der Waals surface area contributed by atoms with E-state index in [-0.39, 0.29) is 38.2 Å². The number of fused-ring (bicyclic) bond motifs is 2. The number of hydrogen-bond donors (Lipinski definition) is 4. The van der Waals surface area contributed by atoms with E-state index < -0.39 is 0 Å². The van der Waals surface area contributed by atoms with Crippen molar-refractivity contribution < 1.29 is 29.3 Å². The molecule has 10 heteroatoms. The molecule has 0 aliphatic carbocycles. The van der Waals surface area contributed by atoms with E-state index in [2.05, 4.69) is 27.2 Å². The monoisotopic (exact) mass is 442 g/mol. The zero-order chi connectivity index (χ0) is 23.4. The molecule has 2 aromatic rings. The van der Waals surface area contributed by atoms with Crippen molar-refractivity contribution in [3.05, 3.63) is 40.2 Å². The second-order valence-electron chi connectivity index (χ2n) is 7.16. The lowest BCUT2D eigenvalue weighted by molar-refractivity contribution is -0.119. The van der Waals surface area contributed by atoms with E-state index in [0.717, 1.165) is 28.7 Å². The Balaban J connectivity index is 0.000000181. The fourth-order valence-electron chi connectivity index (χ4n) is 3.67. The molecule has 4 rings (SSSR count). The van der Waals surface area contributed by atoms with Gasteiger partial charge in [-0.3, -0.25) is 9.59 Å². The number of pyridine rings is 2. The van der Waals surface area contributed by atoms with Crippen LogP contribution in [0, 0.1) is 13.8 Å². The minimum atomic E-state index is -0.241. The van der Waals surface area contributed by atoms with Gasteiger partial charge in [-0.05, 0) is 25.8 Å². The summed E-state index contributed by atoms with van der Waals surface area (Å²) in [6, 6.07) is 0. The largest absolute Gasteiger partial charge is 0.480 e. The van der Waals surface area contributed by atoms with Crippen molar-refractivity contribution in [3.8, 4) is 11.5 Å². The van der Waals surface area contributed by atoms with Crippen molar-refractivity contribution in [1.29, 1.82) is 0 Å². The van der Waals surface area contributed by atoms with Crippen LogP contribution >= 0.6 is 0 Å². The maximum absolute atomic E-state index is 11.2. The molecule has 0 radical (unpaired) electrons. The van der Waals surface area contributed by atoms with Crippen LogP contribution in [-0.2, 0) is 29.2 Å². The number of hydrogen-bond acceptors (Lipinski definition) is 8. The van der Waals surface area contributed by atoms with E-state index in [9.17, 15) is 19.8 Å². The summed E-state index contributed by atoms with van der Waals surface area (Å²) in [4.78, 5) is 30.6. The Labute approximate surface area is 185 Å². The number of nitrogens with zero attached hydrogens (tertiary/aromatic N) is 2. The van der Waals surface area contributed by atoms with E-state index >= 15 is 0 Å². The first-order valence-electron chi connectivity index (χ1n) is 10.1. The summed E-state index contributed by atoms with van der Waals surface area (Å²) in [7, 11) is 0. The summed E-state index contributed by atoms with van der Waals surface area (Å²) < 4.78 is 10.7. The average Bonchev–Trinajstić information content (AvgIpc) is 2.78. The van der Waals surface area contributed by atoms with E-state index in [4.69, 9.17) is 9.47 Å². The third-order valence-corrected chi connectivity index (χ3v) is 5.19. The van der Waals surface area contributed by atoms with Crippen LogP contribution in [0.15, 0.2) is 6.58 Å². The summed E-state index contributed by atoms with van der Waals surface area (Å²) in [5.74, 6) is 1.49. The quantitative estimate of drug-likeness (QED) is 0.560. The van der Waals surface area contributed by atoms with E-state index in [1.165, 1.54) is 0 Å². The van der Waals surface area contributed by atoms with Crippen molar-refractivity contribution in [1.82, 2.24) is 9.97 Å². The van der Waals surface area contributed by atoms with Crippen LogP contribution in [0.5, 0.6) is 11.5 Å². The van der Waals surface area contributed by atoms with Gasteiger partial charge < -0.3 is 30.3 Å². The third kappa shape index (κ3) is 4.41. The number of aliphatic hydroxyl groups excluding tert-OH is 2. The van der Waals surface area contributed by atoms with Gasteiger partial charge in [0.2, 0.25) is 0 Å². The van der Waals surface area contributed by atoms with Crippen LogP contribution in [0.4, 0.5) is 11.6 Å². The van der Waals surface area contributed by atoms with Crippen molar-refractivity contribution >= 4 is 29.5 Å². The molecule has 2 amide bonds. The number of aliphatic hydroxyl groups is 2. The summed E-state index contributed by atoms with van der Waals surface area (Å²) in [5.41, 5.74) is 4.58. The summed E-state index contributed by atoms with van der Waals surface area (Å²) in [6.45, 7) is 9.10.